The van der Waals surface area contributed by atoms with Crippen LogP contribution in [0.1, 0.15) is 47.8 Å². The van der Waals surface area contributed by atoms with E-state index in [1.54, 1.807) is 7.11 Å². The van der Waals surface area contributed by atoms with Crippen LogP contribution in [0.2, 0.25) is 0 Å². The summed E-state index contributed by atoms with van der Waals surface area (Å²) in [5.41, 5.74) is 1.39. The molecule has 4 heterocycles. The van der Waals surface area contributed by atoms with Crippen molar-refractivity contribution in [3.8, 4) is 5.75 Å². The summed E-state index contributed by atoms with van der Waals surface area (Å²) in [6.07, 6.45) is 7.78. The number of ether oxygens (including phenoxy) is 1. The molecule has 3 aliphatic heterocycles. The average molecular weight is 381 g/mol. The number of piperidine rings is 3. The molecule has 0 unspecified atom stereocenters. The maximum atomic E-state index is 12.8. The van der Waals surface area contributed by atoms with Crippen LogP contribution < -0.4 is 4.74 Å². The Hall–Kier alpha value is -2.34. The second-order valence-electron chi connectivity index (χ2n) is 8.42. The fourth-order valence-electron chi connectivity index (χ4n) is 5.64. The monoisotopic (exact) mass is 381 g/mol. The number of carbonyl (C=O) groups is 1. The molecule has 2 bridgehead atoms. The van der Waals surface area contributed by atoms with Crippen molar-refractivity contribution >= 4 is 5.91 Å². The minimum atomic E-state index is -0.0110. The Kier molecular flexibility index (Phi) is 4.59. The maximum absolute atomic E-state index is 12.8. The lowest BCUT2D eigenvalue weighted by Gasteiger charge is -2.55. The van der Waals surface area contributed by atoms with Crippen LogP contribution >= 0.6 is 0 Å². The second-order valence-corrected chi connectivity index (χ2v) is 8.42. The van der Waals surface area contributed by atoms with Crippen molar-refractivity contribution in [1.82, 2.24) is 14.8 Å². The van der Waals surface area contributed by atoms with Crippen LogP contribution in [0.15, 0.2) is 41.3 Å². The molecule has 0 spiro atoms. The molecular formula is C22H27N3O3. The third-order valence-electron chi connectivity index (χ3n) is 6.82. The third kappa shape index (κ3) is 3.09. The van der Waals surface area contributed by atoms with Gasteiger partial charge in [-0.25, -0.2) is 4.98 Å². The van der Waals surface area contributed by atoms with Crippen LogP contribution in [0.5, 0.6) is 5.75 Å². The van der Waals surface area contributed by atoms with Crippen molar-refractivity contribution in [3.05, 3.63) is 48.2 Å². The number of carbonyl (C=O) groups excluding carboxylic acids is 1. The smallest absolute Gasteiger partial charge is 0.291 e. The Bertz CT molecular complexity index is 820. The minimum Gasteiger partial charge on any atom is -0.497 e. The van der Waals surface area contributed by atoms with E-state index in [9.17, 15) is 4.79 Å². The van der Waals surface area contributed by atoms with Crippen LogP contribution in [0.25, 0.3) is 0 Å². The van der Waals surface area contributed by atoms with Gasteiger partial charge in [0.25, 0.3) is 5.91 Å². The van der Waals surface area contributed by atoms with Crippen molar-refractivity contribution in [2.45, 2.75) is 37.8 Å². The Morgan fingerprint density at radius 2 is 2.04 bits per heavy atom. The fraction of sp³-hybridized carbons (Fsp3) is 0.545. The maximum Gasteiger partial charge on any atom is 0.291 e. The van der Waals surface area contributed by atoms with Crippen LogP contribution in [0.3, 0.4) is 0 Å². The molecule has 0 radical (unpaired) electrons. The highest BCUT2D eigenvalue weighted by atomic mass is 16.5. The van der Waals surface area contributed by atoms with Gasteiger partial charge in [0.1, 0.15) is 5.75 Å². The van der Waals surface area contributed by atoms with Gasteiger partial charge in [-0.15, -0.1) is 0 Å². The summed E-state index contributed by atoms with van der Waals surface area (Å²) >= 11 is 0. The van der Waals surface area contributed by atoms with E-state index in [4.69, 9.17) is 9.15 Å². The van der Waals surface area contributed by atoms with E-state index in [-0.39, 0.29) is 5.91 Å². The molecule has 5 rings (SSSR count). The van der Waals surface area contributed by atoms with Gasteiger partial charge < -0.3 is 14.1 Å². The number of oxazole rings is 1. The lowest BCUT2D eigenvalue weighted by Crippen LogP contribution is -2.60. The summed E-state index contributed by atoms with van der Waals surface area (Å²) in [6, 6.07) is 9.61. The summed E-state index contributed by atoms with van der Waals surface area (Å²) in [4.78, 5) is 21.4. The first-order valence-electron chi connectivity index (χ1n) is 10.3. The second kappa shape index (κ2) is 7.24. The predicted molar refractivity (Wildman–Crippen MR) is 104 cm³/mol. The van der Waals surface area contributed by atoms with Crippen molar-refractivity contribution < 1.29 is 13.9 Å². The zero-order chi connectivity index (χ0) is 19.1. The highest BCUT2D eigenvalue weighted by Gasteiger charge is 2.46. The molecule has 4 atom stereocenters. The molecule has 6 heteroatoms. The Balaban J connectivity index is 1.35. The summed E-state index contributed by atoms with van der Waals surface area (Å²) in [5, 5.41) is 0. The molecule has 1 aromatic heterocycles. The van der Waals surface area contributed by atoms with Gasteiger partial charge in [0, 0.05) is 31.7 Å². The number of amides is 1. The van der Waals surface area contributed by atoms with E-state index in [0.29, 0.717) is 29.7 Å². The van der Waals surface area contributed by atoms with Crippen molar-refractivity contribution in [2.75, 3.05) is 26.7 Å². The Morgan fingerprint density at radius 1 is 1.18 bits per heavy atom. The van der Waals surface area contributed by atoms with E-state index in [1.165, 1.54) is 43.8 Å². The Morgan fingerprint density at radius 3 is 2.79 bits per heavy atom. The number of hydrogen-bond donors (Lipinski definition) is 0. The zero-order valence-electron chi connectivity index (χ0n) is 16.3. The summed E-state index contributed by atoms with van der Waals surface area (Å²) in [6.45, 7) is 2.71. The van der Waals surface area contributed by atoms with Gasteiger partial charge in [-0.05, 0) is 55.2 Å². The minimum absolute atomic E-state index is 0.0110. The SMILES string of the molecule is COc1ccc([C@H]2CCC[C@H]3[C@@H]4C[C@@H](CN(C(=O)c5cnco5)C4)CN23)cc1. The molecule has 0 aliphatic carbocycles. The summed E-state index contributed by atoms with van der Waals surface area (Å²) in [5.74, 6) is 2.33. The molecule has 1 amide bonds. The predicted octanol–water partition coefficient (Wildman–Crippen LogP) is 3.37. The summed E-state index contributed by atoms with van der Waals surface area (Å²) < 4.78 is 10.6. The lowest BCUT2D eigenvalue weighted by molar-refractivity contribution is -0.0516. The van der Waals surface area contributed by atoms with Crippen LogP contribution in [0, 0.1) is 11.8 Å². The fourth-order valence-corrected chi connectivity index (χ4v) is 5.64. The number of likely N-dealkylation sites (tertiary alicyclic amines) is 1. The molecule has 28 heavy (non-hydrogen) atoms. The normalized spacial score (nSPS) is 30.0. The molecule has 6 nitrogen and oxygen atoms in total. The molecule has 0 N–H and O–H groups in total. The van der Waals surface area contributed by atoms with Gasteiger partial charge in [0.2, 0.25) is 5.76 Å². The first-order valence-corrected chi connectivity index (χ1v) is 10.3. The van der Waals surface area contributed by atoms with E-state index in [0.717, 1.165) is 25.4 Å². The van der Waals surface area contributed by atoms with Crippen molar-refractivity contribution in [3.63, 3.8) is 0 Å². The van der Waals surface area contributed by atoms with E-state index in [1.807, 2.05) is 4.90 Å². The zero-order valence-corrected chi connectivity index (χ0v) is 16.3. The van der Waals surface area contributed by atoms with Gasteiger partial charge in [0.15, 0.2) is 6.39 Å². The Labute approximate surface area is 165 Å². The summed E-state index contributed by atoms with van der Waals surface area (Å²) in [7, 11) is 1.71. The molecule has 3 saturated heterocycles. The first-order chi connectivity index (χ1) is 13.7. The molecule has 148 valence electrons. The number of nitrogens with zero attached hydrogens (tertiary/aromatic N) is 3. The highest BCUT2D eigenvalue weighted by Crippen LogP contribution is 2.44. The van der Waals surface area contributed by atoms with E-state index >= 15 is 0 Å². The van der Waals surface area contributed by atoms with Crippen molar-refractivity contribution in [2.24, 2.45) is 11.8 Å². The van der Waals surface area contributed by atoms with Crippen LogP contribution in [0.4, 0.5) is 0 Å². The number of aromatic nitrogens is 1. The molecule has 3 fully saturated rings. The molecule has 0 saturated carbocycles. The average Bonchev–Trinajstić information content (AvgIpc) is 3.28. The lowest BCUT2D eigenvalue weighted by atomic mass is 9.74. The van der Waals surface area contributed by atoms with Gasteiger partial charge in [-0.1, -0.05) is 12.1 Å². The third-order valence-corrected chi connectivity index (χ3v) is 6.82. The first kappa shape index (κ1) is 17.7. The molecule has 1 aromatic carbocycles. The van der Waals surface area contributed by atoms with Crippen LogP contribution in [-0.2, 0) is 0 Å². The number of fused-ring (bicyclic) bond motifs is 4. The van der Waals surface area contributed by atoms with E-state index < -0.39 is 0 Å². The van der Waals surface area contributed by atoms with Gasteiger partial charge in [-0.3, -0.25) is 9.69 Å². The standard InChI is InChI=1S/C22H27N3O3/c1-27-18-7-5-16(6-8-18)19-3-2-4-20-17-9-15(12-25(19)20)11-24(13-17)22(26)21-10-23-14-28-21/h5-8,10,14-15,17,19-20H,2-4,9,11-13H2,1H3/t15-,17+,19+,20-/m0/s1. The molecule has 3 aliphatic rings. The molecule has 2 aromatic rings. The number of rotatable bonds is 3. The van der Waals surface area contributed by atoms with Gasteiger partial charge in [0.05, 0.1) is 13.3 Å². The van der Waals surface area contributed by atoms with E-state index in [2.05, 4.69) is 34.1 Å². The number of benzene rings is 1. The van der Waals surface area contributed by atoms with Crippen LogP contribution in [-0.4, -0.2) is 53.5 Å². The quantitative estimate of drug-likeness (QED) is 0.816. The highest BCUT2D eigenvalue weighted by molar-refractivity contribution is 5.91. The largest absolute Gasteiger partial charge is 0.497 e. The molecular weight excluding hydrogens is 354 g/mol. The number of methoxy groups -OCH3 is 1. The van der Waals surface area contributed by atoms with Gasteiger partial charge in [-0.2, -0.15) is 0 Å². The topological polar surface area (TPSA) is 58.8 Å². The van der Waals surface area contributed by atoms with Gasteiger partial charge >= 0.3 is 0 Å². The number of hydrogen-bond acceptors (Lipinski definition) is 5. The van der Waals surface area contributed by atoms with Crippen molar-refractivity contribution in [1.29, 1.82) is 0 Å².